The first kappa shape index (κ1) is 12.3. The summed E-state index contributed by atoms with van der Waals surface area (Å²) in [7, 11) is 0. The molecule has 1 saturated heterocycles. The third kappa shape index (κ3) is 4.64. The Balaban J connectivity index is 2.02. The molecule has 84 valence electrons. The molecule has 0 aromatic heterocycles. The van der Waals surface area contributed by atoms with Crippen LogP contribution >= 0.6 is 11.8 Å². The van der Waals surface area contributed by atoms with Crippen LogP contribution < -0.4 is 5.32 Å². The number of aliphatic hydroxyl groups is 1. The minimum Gasteiger partial charge on any atom is -0.392 e. The molecule has 0 amide bonds. The van der Waals surface area contributed by atoms with Gasteiger partial charge in [0, 0.05) is 43.7 Å². The normalized spacial score (nSPS) is 23.4. The largest absolute Gasteiger partial charge is 0.392 e. The second kappa shape index (κ2) is 6.67. The van der Waals surface area contributed by atoms with Crippen LogP contribution in [-0.2, 0) is 0 Å². The molecule has 1 rings (SSSR count). The van der Waals surface area contributed by atoms with Gasteiger partial charge in [0.2, 0.25) is 0 Å². The third-order valence-corrected chi connectivity index (χ3v) is 4.02. The minimum atomic E-state index is -0.192. The second-order valence-electron chi connectivity index (χ2n) is 3.91. The summed E-state index contributed by atoms with van der Waals surface area (Å²) in [5, 5.41) is 13.0. The van der Waals surface area contributed by atoms with Crippen LogP contribution in [0.25, 0.3) is 0 Å². The zero-order chi connectivity index (χ0) is 10.4. The number of piperazine rings is 1. The van der Waals surface area contributed by atoms with Crippen molar-refractivity contribution in [2.45, 2.75) is 25.2 Å². The Morgan fingerprint density at radius 1 is 1.36 bits per heavy atom. The van der Waals surface area contributed by atoms with E-state index in [4.69, 9.17) is 0 Å². The molecule has 0 aliphatic carbocycles. The Labute approximate surface area is 91.2 Å². The van der Waals surface area contributed by atoms with E-state index in [0.717, 1.165) is 25.4 Å². The summed E-state index contributed by atoms with van der Waals surface area (Å²) in [6.07, 6.45) is -0.192. The standard InChI is InChI=1S/C10H22N2OS/c1-9(13)10(2)14-8-7-12-5-3-11-4-6-12/h9-11,13H,3-8H2,1-2H3. The van der Waals surface area contributed by atoms with E-state index in [1.807, 2.05) is 18.7 Å². The van der Waals surface area contributed by atoms with E-state index in [1.165, 1.54) is 13.1 Å². The molecule has 1 heterocycles. The lowest BCUT2D eigenvalue weighted by molar-refractivity contribution is 0.196. The fourth-order valence-electron chi connectivity index (χ4n) is 1.44. The molecular weight excluding hydrogens is 196 g/mol. The van der Waals surface area contributed by atoms with E-state index >= 15 is 0 Å². The summed E-state index contributed by atoms with van der Waals surface area (Å²) in [4.78, 5) is 2.48. The van der Waals surface area contributed by atoms with Gasteiger partial charge in [0.1, 0.15) is 0 Å². The van der Waals surface area contributed by atoms with Gasteiger partial charge in [-0.25, -0.2) is 0 Å². The average molecular weight is 218 g/mol. The fourth-order valence-corrected chi connectivity index (χ4v) is 2.46. The summed E-state index contributed by atoms with van der Waals surface area (Å²) >= 11 is 1.87. The molecule has 1 fully saturated rings. The van der Waals surface area contributed by atoms with Gasteiger partial charge in [0.15, 0.2) is 0 Å². The smallest absolute Gasteiger partial charge is 0.0627 e. The van der Waals surface area contributed by atoms with Gasteiger partial charge in [0.25, 0.3) is 0 Å². The van der Waals surface area contributed by atoms with Crippen LogP contribution in [0.1, 0.15) is 13.8 Å². The van der Waals surface area contributed by atoms with Crippen LogP contribution in [0, 0.1) is 0 Å². The van der Waals surface area contributed by atoms with Crippen molar-refractivity contribution in [2.24, 2.45) is 0 Å². The Kier molecular flexibility index (Phi) is 5.86. The van der Waals surface area contributed by atoms with E-state index in [1.54, 1.807) is 0 Å². The molecule has 14 heavy (non-hydrogen) atoms. The topological polar surface area (TPSA) is 35.5 Å². The van der Waals surface area contributed by atoms with Gasteiger partial charge in [-0.05, 0) is 6.92 Å². The number of hydrogen-bond donors (Lipinski definition) is 2. The SMILES string of the molecule is CC(O)C(C)SCCN1CCNCC1. The van der Waals surface area contributed by atoms with E-state index in [-0.39, 0.29) is 6.10 Å². The van der Waals surface area contributed by atoms with Gasteiger partial charge in [-0.15, -0.1) is 0 Å². The van der Waals surface area contributed by atoms with Crippen LogP contribution in [-0.4, -0.2) is 59.8 Å². The Hall–Kier alpha value is 0.230. The molecule has 2 atom stereocenters. The number of nitrogens with one attached hydrogen (secondary N) is 1. The van der Waals surface area contributed by atoms with Crippen molar-refractivity contribution in [3.63, 3.8) is 0 Å². The molecule has 1 aliphatic rings. The molecule has 0 saturated carbocycles. The first-order valence-electron chi connectivity index (χ1n) is 5.43. The summed E-state index contributed by atoms with van der Waals surface area (Å²) < 4.78 is 0. The highest BCUT2D eigenvalue weighted by Gasteiger charge is 2.11. The van der Waals surface area contributed by atoms with Crippen LogP contribution in [0.5, 0.6) is 0 Å². The zero-order valence-corrected chi connectivity index (χ0v) is 10.0. The lowest BCUT2D eigenvalue weighted by Crippen LogP contribution is -2.44. The molecular formula is C10H22N2OS. The van der Waals surface area contributed by atoms with Crippen molar-refractivity contribution >= 4 is 11.8 Å². The summed E-state index contributed by atoms with van der Waals surface area (Å²) in [5.74, 6) is 1.13. The molecule has 2 N–H and O–H groups in total. The molecule has 4 heteroatoms. The maximum atomic E-state index is 9.31. The van der Waals surface area contributed by atoms with Gasteiger partial charge >= 0.3 is 0 Å². The van der Waals surface area contributed by atoms with Crippen LogP contribution in [0.4, 0.5) is 0 Å². The fraction of sp³-hybridized carbons (Fsp3) is 1.00. The average Bonchev–Trinajstić information content (AvgIpc) is 2.19. The van der Waals surface area contributed by atoms with Crippen LogP contribution in [0.2, 0.25) is 0 Å². The Bertz CT molecular complexity index is 149. The highest BCUT2D eigenvalue weighted by atomic mass is 32.2. The lowest BCUT2D eigenvalue weighted by Gasteiger charge is -2.27. The van der Waals surface area contributed by atoms with Crippen molar-refractivity contribution in [1.29, 1.82) is 0 Å². The zero-order valence-electron chi connectivity index (χ0n) is 9.20. The van der Waals surface area contributed by atoms with Gasteiger partial charge in [0.05, 0.1) is 6.10 Å². The molecule has 2 unspecified atom stereocenters. The predicted octanol–water partition coefficient (Wildman–Crippen LogP) is 0.394. The van der Waals surface area contributed by atoms with Crippen molar-refractivity contribution in [1.82, 2.24) is 10.2 Å². The van der Waals surface area contributed by atoms with Gasteiger partial charge in [-0.2, -0.15) is 11.8 Å². The van der Waals surface area contributed by atoms with Crippen LogP contribution in [0.15, 0.2) is 0 Å². The number of thioether (sulfide) groups is 1. The summed E-state index contributed by atoms with van der Waals surface area (Å²) in [6, 6.07) is 0. The second-order valence-corrected chi connectivity index (χ2v) is 5.39. The molecule has 1 aliphatic heterocycles. The molecule has 0 spiro atoms. The Morgan fingerprint density at radius 3 is 2.57 bits per heavy atom. The first-order valence-corrected chi connectivity index (χ1v) is 6.48. The molecule has 0 aromatic rings. The van der Waals surface area contributed by atoms with E-state index < -0.39 is 0 Å². The first-order chi connectivity index (χ1) is 6.70. The predicted molar refractivity (Wildman–Crippen MR) is 62.9 cm³/mol. The van der Waals surface area contributed by atoms with Crippen LogP contribution in [0.3, 0.4) is 0 Å². The number of aliphatic hydroxyl groups excluding tert-OH is 1. The quantitative estimate of drug-likeness (QED) is 0.700. The molecule has 0 bridgehead atoms. The number of hydrogen-bond acceptors (Lipinski definition) is 4. The van der Waals surface area contributed by atoms with Crippen molar-refractivity contribution in [2.75, 3.05) is 38.5 Å². The van der Waals surface area contributed by atoms with E-state index in [2.05, 4.69) is 17.1 Å². The van der Waals surface area contributed by atoms with Gasteiger partial charge in [-0.3, -0.25) is 4.90 Å². The number of nitrogens with zero attached hydrogens (tertiary/aromatic N) is 1. The van der Waals surface area contributed by atoms with E-state index in [0.29, 0.717) is 5.25 Å². The highest BCUT2D eigenvalue weighted by Crippen LogP contribution is 2.14. The summed E-state index contributed by atoms with van der Waals surface area (Å²) in [6.45, 7) is 9.69. The molecule has 0 aromatic carbocycles. The third-order valence-electron chi connectivity index (χ3n) is 2.68. The Morgan fingerprint density at radius 2 is 2.00 bits per heavy atom. The molecule has 3 nitrogen and oxygen atoms in total. The maximum Gasteiger partial charge on any atom is 0.0627 e. The monoisotopic (exact) mass is 218 g/mol. The maximum absolute atomic E-state index is 9.31. The van der Waals surface area contributed by atoms with Crippen molar-refractivity contribution in [3.05, 3.63) is 0 Å². The van der Waals surface area contributed by atoms with Gasteiger partial charge < -0.3 is 10.4 Å². The van der Waals surface area contributed by atoms with Crippen molar-refractivity contribution in [3.8, 4) is 0 Å². The minimum absolute atomic E-state index is 0.192. The lowest BCUT2D eigenvalue weighted by atomic mass is 10.3. The number of rotatable bonds is 5. The highest BCUT2D eigenvalue weighted by molar-refractivity contribution is 7.99. The van der Waals surface area contributed by atoms with E-state index in [9.17, 15) is 5.11 Å². The van der Waals surface area contributed by atoms with Gasteiger partial charge in [-0.1, -0.05) is 6.92 Å². The summed E-state index contributed by atoms with van der Waals surface area (Å²) in [5.41, 5.74) is 0. The van der Waals surface area contributed by atoms with Crippen molar-refractivity contribution < 1.29 is 5.11 Å². The molecule has 0 radical (unpaired) electrons.